The van der Waals surface area contributed by atoms with Crippen LogP contribution in [0.4, 0.5) is 5.69 Å². The maximum Gasteiger partial charge on any atom is 0.261 e. The molecule has 1 N–H and O–H groups in total. The summed E-state index contributed by atoms with van der Waals surface area (Å²) in [5, 5.41) is 0. The Hall–Kier alpha value is -2.27. The first-order chi connectivity index (χ1) is 9.55. The monoisotopic (exact) mass is 288 g/mol. The molecule has 0 atom stereocenters. The minimum Gasteiger partial charge on any atom is -0.497 e. The third-order valence-corrected chi connectivity index (χ3v) is 4.10. The molecule has 0 unspecified atom stereocenters. The molecule has 2 rings (SSSR count). The highest BCUT2D eigenvalue weighted by molar-refractivity contribution is 7.92. The number of rotatable bonds is 5. The Morgan fingerprint density at radius 3 is 2.45 bits per heavy atom. The van der Waals surface area contributed by atoms with Crippen molar-refractivity contribution in [3.05, 3.63) is 60.7 Å². The first-order valence-electron chi connectivity index (χ1n) is 5.87. The molecule has 103 valence electrons. The molecule has 0 heterocycles. The fourth-order valence-corrected chi connectivity index (χ4v) is 2.72. The van der Waals surface area contributed by atoms with Crippen molar-refractivity contribution in [2.45, 2.75) is 4.90 Å². The molecule has 0 aliphatic rings. The second kappa shape index (κ2) is 5.79. The molecule has 0 aromatic heterocycles. The molecule has 1 radical (unpaired) electrons. The predicted molar refractivity (Wildman–Crippen MR) is 79.0 cm³/mol. The van der Waals surface area contributed by atoms with E-state index in [2.05, 4.69) is 4.72 Å². The Bertz CT molecular complexity index is 706. The number of hydrogen-bond acceptors (Lipinski definition) is 3. The lowest BCUT2D eigenvalue weighted by atomic mass is 10.2. The number of anilines is 1. The fraction of sp³-hybridized carbons (Fsp3) is 0.0667. The number of sulfonamides is 1. The third kappa shape index (κ3) is 3.19. The molecule has 2 aromatic rings. The molecule has 2 aromatic carbocycles. The molecule has 0 fully saturated rings. The van der Waals surface area contributed by atoms with E-state index in [0.717, 1.165) is 5.56 Å². The van der Waals surface area contributed by atoms with Crippen molar-refractivity contribution in [2.24, 2.45) is 0 Å². The van der Waals surface area contributed by atoms with Crippen LogP contribution in [0.1, 0.15) is 5.56 Å². The summed E-state index contributed by atoms with van der Waals surface area (Å²) in [5.74, 6) is 0.601. The molecule has 5 heteroatoms. The number of methoxy groups -OCH3 is 1. The first kappa shape index (κ1) is 14.1. The van der Waals surface area contributed by atoms with Gasteiger partial charge in [0.15, 0.2) is 0 Å². The molecular formula is C15H14NO3S. The highest BCUT2D eigenvalue weighted by Crippen LogP contribution is 2.20. The summed E-state index contributed by atoms with van der Waals surface area (Å²) in [6.07, 6.45) is 1.41. The zero-order valence-corrected chi connectivity index (χ0v) is 11.7. The Kier molecular flexibility index (Phi) is 4.10. The van der Waals surface area contributed by atoms with E-state index in [9.17, 15) is 8.42 Å². The van der Waals surface area contributed by atoms with Crippen molar-refractivity contribution >= 4 is 21.8 Å². The van der Waals surface area contributed by atoms with E-state index in [-0.39, 0.29) is 4.90 Å². The van der Waals surface area contributed by atoms with Gasteiger partial charge in [-0.15, -0.1) is 0 Å². The molecule has 0 amide bonds. The normalized spacial score (nSPS) is 10.8. The van der Waals surface area contributed by atoms with E-state index < -0.39 is 10.0 Å². The zero-order valence-electron chi connectivity index (χ0n) is 10.9. The van der Waals surface area contributed by atoms with Gasteiger partial charge in [-0.2, -0.15) is 0 Å². The molecule has 0 aliphatic heterocycles. The van der Waals surface area contributed by atoms with Crippen molar-refractivity contribution in [1.29, 1.82) is 0 Å². The minimum absolute atomic E-state index is 0.167. The van der Waals surface area contributed by atoms with Crippen molar-refractivity contribution in [3.8, 4) is 5.75 Å². The molecule has 4 nitrogen and oxygen atoms in total. The Balaban J connectivity index is 2.27. The smallest absolute Gasteiger partial charge is 0.261 e. The van der Waals surface area contributed by atoms with Gasteiger partial charge in [-0.3, -0.25) is 4.72 Å². The second-order valence-electron chi connectivity index (χ2n) is 4.07. The minimum atomic E-state index is -3.62. The maximum atomic E-state index is 12.2. The summed E-state index contributed by atoms with van der Waals surface area (Å²) in [4.78, 5) is 0.167. The molecule has 0 saturated carbocycles. The van der Waals surface area contributed by atoms with E-state index >= 15 is 0 Å². The number of hydrogen-bond donors (Lipinski definition) is 1. The lowest BCUT2D eigenvalue weighted by molar-refractivity contribution is 0.414. The van der Waals surface area contributed by atoms with Crippen LogP contribution in [0.5, 0.6) is 5.75 Å². The Morgan fingerprint density at radius 2 is 1.85 bits per heavy atom. The van der Waals surface area contributed by atoms with E-state index in [1.807, 2.05) is 0 Å². The van der Waals surface area contributed by atoms with Gasteiger partial charge in [0, 0.05) is 5.69 Å². The topological polar surface area (TPSA) is 55.4 Å². The van der Waals surface area contributed by atoms with Gasteiger partial charge in [-0.25, -0.2) is 8.42 Å². The van der Waals surface area contributed by atoms with Gasteiger partial charge >= 0.3 is 0 Å². The summed E-state index contributed by atoms with van der Waals surface area (Å²) >= 11 is 0. The maximum absolute atomic E-state index is 12.2. The average Bonchev–Trinajstić information content (AvgIpc) is 2.47. The first-order valence-corrected chi connectivity index (χ1v) is 7.35. The Labute approximate surface area is 118 Å². The van der Waals surface area contributed by atoms with Crippen LogP contribution in [0.2, 0.25) is 0 Å². The van der Waals surface area contributed by atoms with Crippen LogP contribution < -0.4 is 9.46 Å². The van der Waals surface area contributed by atoms with Crippen molar-refractivity contribution in [1.82, 2.24) is 0 Å². The average molecular weight is 288 g/mol. The van der Waals surface area contributed by atoms with E-state index in [1.54, 1.807) is 36.4 Å². The molecule has 0 aliphatic carbocycles. The number of ether oxygens (including phenoxy) is 1. The van der Waals surface area contributed by atoms with Crippen LogP contribution in [-0.2, 0) is 10.0 Å². The van der Waals surface area contributed by atoms with Crippen LogP contribution >= 0.6 is 0 Å². The SMILES string of the molecule is [CH]=Cc1cccc(NS(=O)(=O)c2ccc(OC)cc2)c1. The number of nitrogens with one attached hydrogen (secondary N) is 1. The fourth-order valence-electron chi connectivity index (χ4n) is 1.67. The standard InChI is InChI=1S/C15H14NO3S/c1-3-12-5-4-6-13(11-12)16-20(17,18)15-9-7-14(19-2)8-10-15/h1,3-11,16H,2H3. The van der Waals surface area contributed by atoms with Crippen molar-refractivity contribution < 1.29 is 13.2 Å². The van der Waals surface area contributed by atoms with Gasteiger partial charge in [0.25, 0.3) is 10.0 Å². The highest BCUT2D eigenvalue weighted by atomic mass is 32.2. The van der Waals surface area contributed by atoms with Gasteiger partial charge in [0.05, 0.1) is 12.0 Å². The largest absolute Gasteiger partial charge is 0.497 e. The summed E-state index contributed by atoms with van der Waals surface area (Å²) in [7, 11) is -2.10. The van der Waals surface area contributed by atoms with E-state index in [1.165, 1.54) is 25.3 Å². The highest BCUT2D eigenvalue weighted by Gasteiger charge is 2.14. The summed E-state index contributed by atoms with van der Waals surface area (Å²) in [5.41, 5.74) is 1.19. The zero-order chi connectivity index (χ0) is 14.6. The van der Waals surface area contributed by atoms with Crippen molar-refractivity contribution in [2.75, 3.05) is 11.8 Å². The second-order valence-corrected chi connectivity index (χ2v) is 5.76. The quantitative estimate of drug-likeness (QED) is 0.920. The van der Waals surface area contributed by atoms with Gasteiger partial charge in [-0.05, 0) is 42.0 Å². The van der Waals surface area contributed by atoms with Gasteiger partial charge in [0.1, 0.15) is 5.75 Å². The summed E-state index contributed by atoms with van der Waals surface area (Å²) < 4.78 is 31.9. The molecule has 20 heavy (non-hydrogen) atoms. The molecule has 0 spiro atoms. The van der Waals surface area contributed by atoms with Gasteiger partial charge < -0.3 is 4.74 Å². The van der Waals surface area contributed by atoms with Crippen LogP contribution in [0.15, 0.2) is 53.4 Å². The van der Waals surface area contributed by atoms with Crippen LogP contribution in [0.3, 0.4) is 0 Å². The van der Waals surface area contributed by atoms with E-state index in [4.69, 9.17) is 11.3 Å². The Morgan fingerprint density at radius 1 is 1.15 bits per heavy atom. The molecular weight excluding hydrogens is 274 g/mol. The predicted octanol–water partition coefficient (Wildman–Crippen LogP) is 2.94. The number of benzene rings is 2. The van der Waals surface area contributed by atoms with Gasteiger partial charge in [0.2, 0.25) is 0 Å². The van der Waals surface area contributed by atoms with Crippen LogP contribution in [0.25, 0.3) is 6.08 Å². The summed E-state index contributed by atoms with van der Waals surface area (Å²) in [6, 6.07) is 13.0. The van der Waals surface area contributed by atoms with Crippen molar-refractivity contribution in [3.63, 3.8) is 0 Å². The third-order valence-electron chi connectivity index (χ3n) is 2.70. The van der Waals surface area contributed by atoms with Gasteiger partial charge in [-0.1, -0.05) is 24.8 Å². The molecule has 0 bridgehead atoms. The summed E-state index contributed by atoms with van der Waals surface area (Å²) in [6.45, 7) is 5.41. The van der Waals surface area contributed by atoms with Crippen LogP contribution in [0, 0.1) is 6.58 Å². The van der Waals surface area contributed by atoms with E-state index in [0.29, 0.717) is 11.4 Å². The van der Waals surface area contributed by atoms with Crippen LogP contribution in [-0.4, -0.2) is 15.5 Å². The lowest BCUT2D eigenvalue weighted by Gasteiger charge is -2.09. The lowest BCUT2D eigenvalue weighted by Crippen LogP contribution is -2.12. The molecule has 0 saturated heterocycles.